The molecular weight excluding hydrogens is 350 g/mol. The molecule has 26 heavy (non-hydrogen) atoms. The third-order valence-electron chi connectivity index (χ3n) is 5.09. The SMILES string of the molecule is Cc1c[nH]c2ccc(Oc3c(Cl)cc(CCC(=O)O)c4c3CCC4)cc12. The molecule has 2 aromatic carbocycles. The van der Waals surface area contributed by atoms with Gasteiger partial charge in [-0.05, 0) is 79.1 Å². The molecule has 2 N–H and O–H groups in total. The summed E-state index contributed by atoms with van der Waals surface area (Å²) in [7, 11) is 0. The molecule has 0 bridgehead atoms. The number of aromatic nitrogens is 1. The number of halogens is 1. The van der Waals surface area contributed by atoms with Crippen molar-refractivity contribution >= 4 is 28.5 Å². The minimum atomic E-state index is -0.789. The van der Waals surface area contributed by atoms with Crippen molar-refractivity contribution < 1.29 is 14.6 Å². The number of hydrogen-bond acceptors (Lipinski definition) is 2. The van der Waals surface area contributed by atoms with Crippen LogP contribution in [-0.2, 0) is 24.1 Å². The minimum Gasteiger partial charge on any atom is -0.481 e. The fraction of sp³-hybridized carbons (Fsp3) is 0.286. The molecule has 5 heteroatoms. The van der Waals surface area contributed by atoms with Gasteiger partial charge < -0.3 is 14.8 Å². The first kappa shape index (κ1) is 17.0. The predicted molar refractivity (Wildman–Crippen MR) is 103 cm³/mol. The molecule has 0 radical (unpaired) electrons. The Morgan fingerprint density at radius 1 is 1.27 bits per heavy atom. The van der Waals surface area contributed by atoms with E-state index in [1.807, 2.05) is 30.5 Å². The first-order valence-electron chi connectivity index (χ1n) is 8.83. The summed E-state index contributed by atoms with van der Waals surface area (Å²) in [6.45, 7) is 2.06. The lowest BCUT2D eigenvalue weighted by atomic mass is 9.98. The monoisotopic (exact) mass is 369 g/mol. The first-order valence-corrected chi connectivity index (χ1v) is 9.21. The highest BCUT2D eigenvalue weighted by Crippen LogP contribution is 2.42. The summed E-state index contributed by atoms with van der Waals surface area (Å²) >= 11 is 6.53. The van der Waals surface area contributed by atoms with E-state index in [-0.39, 0.29) is 6.42 Å². The zero-order valence-corrected chi connectivity index (χ0v) is 15.3. The lowest BCUT2D eigenvalue weighted by Gasteiger charge is -2.16. The maximum atomic E-state index is 10.9. The number of ether oxygens (including phenoxy) is 1. The highest BCUT2D eigenvalue weighted by atomic mass is 35.5. The normalized spacial score (nSPS) is 13.2. The summed E-state index contributed by atoms with van der Waals surface area (Å²) < 4.78 is 6.20. The molecule has 1 aromatic heterocycles. The van der Waals surface area contributed by atoms with Crippen LogP contribution in [0.2, 0.25) is 5.02 Å². The van der Waals surface area contributed by atoms with E-state index in [1.54, 1.807) is 0 Å². The van der Waals surface area contributed by atoms with Crippen molar-refractivity contribution in [1.82, 2.24) is 4.98 Å². The summed E-state index contributed by atoms with van der Waals surface area (Å²) in [5.74, 6) is 0.684. The van der Waals surface area contributed by atoms with Gasteiger partial charge in [0.25, 0.3) is 0 Å². The molecule has 4 nitrogen and oxygen atoms in total. The van der Waals surface area contributed by atoms with Gasteiger partial charge >= 0.3 is 5.97 Å². The van der Waals surface area contributed by atoms with Crippen molar-refractivity contribution in [2.24, 2.45) is 0 Å². The molecule has 0 aliphatic heterocycles. The van der Waals surface area contributed by atoms with Crippen molar-refractivity contribution in [3.63, 3.8) is 0 Å². The first-order chi connectivity index (χ1) is 12.5. The maximum absolute atomic E-state index is 10.9. The van der Waals surface area contributed by atoms with E-state index in [0.29, 0.717) is 17.2 Å². The Morgan fingerprint density at radius 3 is 2.88 bits per heavy atom. The molecule has 0 spiro atoms. The summed E-state index contributed by atoms with van der Waals surface area (Å²) in [6.07, 6.45) is 5.52. The molecule has 1 aliphatic rings. The van der Waals surface area contributed by atoms with Crippen LogP contribution >= 0.6 is 11.6 Å². The summed E-state index contributed by atoms with van der Waals surface area (Å²) in [4.78, 5) is 14.2. The van der Waals surface area contributed by atoms with Crippen LogP contribution in [-0.4, -0.2) is 16.1 Å². The van der Waals surface area contributed by atoms with E-state index in [2.05, 4.69) is 11.9 Å². The Hall–Kier alpha value is -2.46. The van der Waals surface area contributed by atoms with Crippen LogP contribution in [0.25, 0.3) is 10.9 Å². The third kappa shape index (κ3) is 3.06. The molecule has 134 valence electrons. The number of hydrogen-bond donors (Lipinski definition) is 2. The molecular formula is C21H20ClNO3. The van der Waals surface area contributed by atoms with Crippen LogP contribution in [0.15, 0.2) is 30.5 Å². The number of carboxylic acid groups (broad SMARTS) is 1. The Morgan fingerprint density at radius 2 is 2.08 bits per heavy atom. The topological polar surface area (TPSA) is 62.3 Å². The fourth-order valence-electron chi connectivity index (χ4n) is 3.79. The van der Waals surface area contributed by atoms with Crippen molar-refractivity contribution in [2.75, 3.05) is 0 Å². The van der Waals surface area contributed by atoms with Crippen molar-refractivity contribution in [3.05, 3.63) is 57.7 Å². The lowest BCUT2D eigenvalue weighted by Crippen LogP contribution is -2.02. The van der Waals surface area contributed by atoms with Gasteiger partial charge in [-0.3, -0.25) is 4.79 Å². The van der Waals surface area contributed by atoms with Crippen LogP contribution in [0.1, 0.15) is 35.1 Å². The van der Waals surface area contributed by atoms with Crippen LogP contribution in [0.3, 0.4) is 0 Å². The third-order valence-corrected chi connectivity index (χ3v) is 5.37. The number of aromatic amines is 1. The number of benzene rings is 2. The summed E-state index contributed by atoms with van der Waals surface area (Å²) in [6, 6.07) is 7.85. The number of fused-ring (bicyclic) bond motifs is 2. The fourth-order valence-corrected chi connectivity index (χ4v) is 4.08. The second-order valence-electron chi connectivity index (χ2n) is 6.83. The van der Waals surface area contributed by atoms with E-state index < -0.39 is 5.97 Å². The zero-order chi connectivity index (χ0) is 18.3. The minimum absolute atomic E-state index is 0.117. The predicted octanol–water partition coefficient (Wildman–Crippen LogP) is 5.43. The molecule has 0 unspecified atom stereocenters. The number of carbonyl (C=O) groups is 1. The number of nitrogens with one attached hydrogen (secondary N) is 1. The highest BCUT2D eigenvalue weighted by molar-refractivity contribution is 6.32. The molecule has 0 atom stereocenters. The number of rotatable bonds is 5. The quantitative estimate of drug-likeness (QED) is 0.630. The van der Waals surface area contributed by atoms with Crippen LogP contribution in [0, 0.1) is 6.92 Å². The number of aliphatic carboxylic acids is 1. The van der Waals surface area contributed by atoms with Gasteiger partial charge in [0.2, 0.25) is 0 Å². The number of carboxylic acids is 1. The van der Waals surface area contributed by atoms with Gasteiger partial charge in [0.05, 0.1) is 5.02 Å². The van der Waals surface area contributed by atoms with Gasteiger partial charge in [-0.1, -0.05) is 11.6 Å². The molecule has 0 saturated heterocycles. The van der Waals surface area contributed by atoms with Gasteiger partial charge in [-0.15, -0.1) is 0 Å². The Labute approximate surface area is 156 Å². The molecule has 0 amide bonds. The van der Waals surface area contributed by atoms with E-state index in [9.17, 15) is 4.79 Å². The van der Waals surface area contributed by atoms with E-state index in [4.69, 9.17) is 21.4 Å². The molecule has 0 saturated carbocycles. The van der Waals surface area contributed by atoms with Gasteiger partial charge in [0, 0.05) is 23.5 Å². The van der Waals surface area contributed by atoms with E-state index in [1.165, 1.54) is 11.1 Å². The second kappa shape index (κ2) is 6.69. The van der Waals surface area contributed by atoms with Gasteiger partial charge in [-0.25, -0.2) is 0 Å². The van der Waals surface area contributed by atoms with E-state index in [0.717, 1.165) is 47.0 Å². The Balaban J connectivity index is 1.70. The van der Waals surface area contributed by atoms with Gasteiger partial charge in [0.15, 0.2) is 0 Å². The molecule has 0 fully saturated rings. The number of H-pyrrole nitrogens is 1. The smallest absolute Gasteiger partial charge is 0.303 e. The van der Waals surface area contributed by atoms with Crippen molar-refractivity contribution in [1.29, 1.82) is 0 Å². The zero-order valence-electron chi connectivity index (χ0n) is 14.6. The van der Waals surface area contributed by atoms with Crippen LogP contribution in [0.4, 0.5) is 0 Å². The lowest BCUT2D eigenvalue weighted by molar-refractivity contribution is -0.136. The maximum Gasteiger partial charge on any atom is 0.303 e. The molecule has 4 rings (SSSR count). The average molecular weight is 370 g/mol. The van der Waals surface area contributed by atoms with Gasteiger partial charge in [-0.2, -0.15) is 0 Å². The van der Waals surface area contributed by atoms with E-state index >= 15 is 0 Å². The Bertz CT molecular complexity index is 1010. The standard InChI is InChI=1S/C21H20ClNO3/c1-12-11-23-19-7-6-14(10-17(12)19)26-21-16-4-2-3-15(16)13(9-18(21)22)5-8-20(24)25/h6-7,9-11,23H,2-5,8H2,1H3,(H,24,25). The number of aryl methyl sites for hydroxylation is 2. The summed E-state index contributed by atoms with van der Waals surface area (Å²) in [5, 5.41) is 10.7. The second-order valence-corrected chi connectivity index (χ2v) is 7.24. The molecule has 3 aromatic rings. The molecule has 1 aliphatic carbocycles. The molecule has 1 heterocycles. The van der Waals surface area contributed by atoms with Crippen molar-refractivity contribution in [3.8, 4) is 11.5 Å². The Kier molecular flexibility index (Phi) is 4.37. The average Bonchev–Trinajstić information content (AvgIpc) is 3.23. The van der Waals surface area contributed by atoms with Crippen LogP contribution < -0.4 is 4.74 Å². The van der Waals surface area contributed by atoms with Gasteiger partial charge in [0.1, 0.15) is 11.5 Å². The van der Waals surface area contributed by atoms with Crippen LogP contribution in [0.5, 0.6) is 11.5 Å². The van der Waals surface area contributed by atoms with Crippen molar-refractivity contribution in [2.45, 2.75) is 39.0 Å². The summed E-state index contributed by atoms with van der Waals surface area (Å²) in [5.41, 5.74) is 5.63. The highest BCUT2D eigenvalue weighted by Gasteiger charge is 2.23. The largest absolute Gasteiger partial charge is 0.481 e.